The average molecular weight is 225 g/mol. The van der Waals surface area contributed by atoms with E-state index in [1.165, 1.54) is 22.4 Å². The number of rotatable bonds is 3. The van der Waals surface area contributed by atoms with Crippen molar-refractivity contribution in [2.24, 2.45) is 0 Å². The fraction of sp³-hybridized carbons (Fsp3) is 0.250. The van der Waals surface area contributed by atoms with Crippen molar-refractivity contribution in [1.82, 2.24) is 0 Å². The van der Waals surface area contributed by atoms with Crippen molar-refractivity contribution in [3.63, 3.8) is 0 Å². The Morgan fingerprint density at radius 2 is 1.65 bits per heavy atom. The van der Waals surface area contributed by atoms with Gasteiger partial charge in [0.15, 0.2) is 0 Å². The summed E-state index contributed by atoms with van der Waals surface area (Å²) < 4.78 is 0. The van der Waals surface area contributed by atoms with E-state index in [9.17, 15) is 0 Å². The van der Waals surface area contributed by atoms with Gasteiger partial charge in [0.2, 0.25) is 0 Å². The molecule has 17 heavy (non-hydrogen) atoms. The van der Waals surface area contributed by atoms with Crippen LogP contribution in [0, 0.1) is 13.8 Å². The van der Waals surface area contributed by atoms with E-state index in [1.807, 2.05) is 0 Å². The van der Waals surface area contributed by atoms with Crippen molar-refractivity contribution >= 4 is 11.4 Å². The van der Waals surface area contributed by atoms with Gasteiger partial charge in [-0.1, -0.05) is 36.8 Å². The summed E-state index contributed by atoms with van der Waals surface area (Å²) in [5, 5.41) is 3.47. The van der Waals surface area contributed by atoms with Crippen molar-refractivity contribution in [1.29, 1.82) is 0 Å². The maximum absolute atomic E-state index is 3.47. The Kier molecular flexibility index (Phi) is 3.48. The number of nitrogens with one attached hydrogen (secondary N) is 1. The largest absolute Gasteiger partial charge is 0.355 e. The normalized spacial score (nSPS) is 10.3. The third kappa shape index (κ3) is 2.88. The third-order valence-corrected chi connectivity index (χ3v) is 3.04. The van der Waals surface area contributed by atoms with Gasteiger partial charge in [0.05, 0.1) is 0 Å². The first-order valence-corrected chi connectivity index (χ1v) is 6.12. The maximum Gasteiger partial charge on any atom is 0.0416 e. The Morgan fingerprint density at radius 3 is 2.29 bits per heavy atom. The summed E-state index contributed by atoms with van der Waals surface area (Å²) in [5.41, 5.74) is 6.28. The van der Waals surface area contributed by atoms with E-state index < -0.39 is 0 Å². The lowest BCUT2D eigenvalue weighted by Gasteiger charge is -2.11. The van der Waals surface area contributed by atoms with Crippen molar-refractivity contribution in [2.45, 2.75) is 27.2 Å². The summed E-state index contributed by atoms with van der Waals surface area (Å²) in [5.74, 6) is 0. The number of hydrogen-bond acceptors (Lipinski definition) is 1. The molecule has 0 aliphatic rings. The number of anilines is 2. The summed E-state index contributed by atoms with van der Waals surface area (Å²) in [6.45, 7) is 6.42. The van der Waals surface area contributed by atoms with Crippen LogP contribution in [0.25, 0.3) is 0 Å². The molecule has 0 fully saturated rings. The van der Waals surface area contributed by atoms with Crippen LogP contribution in [0.15, 0.2) is 42.5 Å². The number of hydrogen-bond donors (Lipinski definition) is 1. The molecule has 0 saturated heterocycles. The first kappa shape index (κ1) is 11.7. The van der Waals surface area contributed by atoms with Crippen LogP contribution in [0.3, 0.4) is 0 Å². The minimum atomic E-state index is 1.07. The zero-order chi connectivity index (χ0) is 12.3. The first-order chi connectivity index (χ1) is 8.19. The lowest BCUT2D eigenvalue weighted by molar-refractivity contribution is 1.14. The molecular formula is C16H19N. The van der Waals surface area contributed by atoms with Gasteiger partial charge in [0.25, 0.3) is 0 Å². The van der Waals surface area contributed by atoms with E-state index in [1.54, 1.807) is 0 Å². The van der Waals surface area contributed by atoms with Crippen molar-refractivity contribution in [2.75, 3.05) is 5.32 Å². The summed E-state index contributed by atoms with van der Waals surface area (Å²) in [4.78, 5) is 0. The highest BCUT2D eigenvalue weighted by atomic mass is 14.9. The molecular weight excluding hydrogens is 206 g/mol. The molecule has 1 heteroatoms. The summed E-state index contributed by atoms with van der Waals surface area (Å²) in [6.07, 6.45) is 1.07. The average Bonchev–Trinajstić information content (AvgIpc) is 2.35. The highest BCUT2D eigenvalue weighted by Crippen LogP contribution is 2.22. The molecule has 0 radical (unpaired) electrons. The van der Waals surface area contributed by atoms with Gasteiger partial charge in [-0.2, -0.15) is 0 Å². The van der Waals surface area contributed by atoms with Crippen LogP contribution in [0.1, 0.15) is 23.6 Å². The molecule has 2 rings (SSSR count). The molecule has 0 atom stereocenters. The van der Waals surface area contributed by atoms with Crippen LogP contribution in [-0.2, 0) is 6.42 Å². The van der Waals surface area contributed by atoms with E-state index >= 15 is 0 Å². The Bertz CT molecular complexity index is 497. The highest BCUT2D eigenvalue weighted by molar-refractivity contribution is 5.64. The zero-order valence-electron chi connectivity index (χ0n) is 10.7. The predicted octanol–water partition coefficient (Wildman–Crippen LogP) is 4.61. The van der Waals surface area contributed by atoms with Crippen LogP contribution >= 0.6 is 0 Å². The van der Waals surface area contributed by atoms with E-state index in [-0.39, 0.29) is 0 Å². The van der Waals surface area contributed by atoms with Crippen LogP contribution < -0.4 is 5.32 Å². The molecule has 0 amide bonds. The summed E-state index contributed by atoms with van der Waals surface area (Å²) in [6, 6.07) is 15.1. The van der Waals surface area contributed by atoms with Gasteiger partial charge in [-0.25, -0.2) is 0 Å². The molecule has 0 heterocycles. The quantitative estimate of drug-likeness (QED) is 0.804. The molecule has 0 aliphatic carbocycles. The lowest BCUT2D eigenvalue weighted by Crippen LogP contribution is -1.94. The SMILES string of the molecule is CCc1ccc(C)c(Nc2ccc(C)cc2)c1. The Labute approximate surface area is 103 Å². The summed E-state index contributed by atoms with van der Waals surface area (Å²) >= 11 is 0. The molecule has 0 spiro atoms. The molecule has 0 aliphatic heterocycles. The van der Waals surface area contributed by atoms with Crippen molar-refractivity contribution in [3.8, 4) is 0 Å². The second-order valence-electron chi connectivity index (χ2n) is 4.49. The molecule has 0 unspecified atom stereocenters. The molecule has 2 aromatic carbocycles. The fourth-order valence-corrected chi connectivity index (χ4v) is 1.82. The Hall–Kier alpha value is -1.76. The van der Waals surface area contributed by atoms with Gasteiger partial charge in [0, 0.05) is 11.4 Å². The molecule has 88 valence electrons. The summed E-state index contributed by atoms with van der Waals surface area (Å²) in [7, 11) is 0. The second-order valence-corrected chi connectivity index (χ2v) is 4.49. The maximum atomic E-state index is 3.47. The topological polar surface area (TPSA) is 12.0 Å². The van der Waals surface area contributed by atoms with Crippen LogP contribution in [-0.4, -0.2) is 0 Å². The minimum Gasteiger partial charge on any atom is -0.355 e. The van der Waals surface area contributed by atoms with E-state index in [2.05, 4.69) is 68.6 Å². The lowest BCUT2D eigenvalue weighted by atomic mass is 10.1. The fourth-order valence-electron chi connectivity index (χ4n) is 1.82. The molecule has 0 bridgehead atoms. The van der Waals surface area contributed by atoms with Gasteiger partial charge in [-0.05, 0) is 49.6 Å². The monoisotopic (exact) mass is 225 g/mol. The third-order valence-electron chi connectivity index (χ3n) is 3.04. The smallest absolute Gasteiger partial charge is 0.0416 e. The molecule has 2 aromatic rings. The van der Waals surface area contributed by atoms with Crippen molar-refractivity contribution in [3.05, 3.63) is 59.2 Å². The highest BCUT2D eigenvalue weighted by Gasteiger charge is 2.00. The van der Waals surface area contributed by atoms with Gasteiger partial charge in [-0.3, -0.25) is 0 Å². The van der Waals surface area contributed by atoms with Gasteiger partial charge in [0.1, 0.15) is 0 Å². The molecule has 0 saturated carbocycles. The Balaban J connectivity index is 2.25. The molecule has 1 nitrogen and oxygen atoms in total. The predicted molar refractivity (Wildman–Crippen MR) is 75.0 cm³/mol. The van der Waals surface area contributed by atoms with Gasteiger partial charge >= 0.3 is 0 Å². The van der Waals surface area contributed by atoms with Gasteiger partial charge in [-0.15, -0.1) is 0 Å². The van der Waals surface area contributed by atoms with E-state index in [0.29, 0.717) is 0 Å². The molecule has 0 aromatic heterocycles. The second kappa shape index (κ2) is 5.05. The number of aryl methyl sites for hydroxylation is 3. The van der Waals surface area contributed by atoms with E-state index in [0.717, 1.165) is 12.1 Å². The van der Waals surface area contributed by atoms with Crippen molar-refractivity contribution < 1.29 is 0 Å². The van der Waals surface area contributed by atoms with E-state index in [4.69, 9.17) is 0 Å². The Morgan fingerprint density at radius 1 is 0.941 bits per heavy atom. The van der Waals surface area contributed by atoms with Crippen LogP contribution in [0.4, 0.5) is 11.4 Å². The van der Waals surface area contributed by atoms with Crippen LogP contribution in [0.5, 0.6) is 0 Å². The first-order valence-electron chi connectivity index (χ1n) is 6.12. The van der Waals surface area contributed by atoms with Gasteiger partial charge < -0.3 is 5.32 Å². The standard InChI is InChI=1S/C16H19N/c1-4-14-8-7-13(3)16(11-14)17-15-9-5-12(2)6-10-15/h5-11,17H,4H2,1-3H3. The van der Waals surface area contributed by atoms with Crippen LogP contribution in [0.2, 0.25) is 0 Å². The zero-order valence-corrected chi connectivity index (χ0v) is 10.7. The minimum absolute atomic E-state index is 1.07. The number of benzene rings is 2. The molecule has 1 N–H and O–H groups in total.